The Labute approximate surface area is 160 Å². The fourth-order valence-corrected chi connectivity index (χ4v) is 8.50. The zero-order valence-corrected chi connectivity index (χ0v) is 16.8. The molecule has 1 aliphatic carbocycles. The molecule has 0 saturated carbocycles. The third-order valence-corrected chi connectivity index (χ3v) is 10.1. The second kappa shape index (κ2) is 7.68. The van der Waals surface area contributed by atoms with E-state index in [0.717, 1.165) is 10.4 Å². The van der Waals surface area contributed by atoms with Gasteiger partial charge in [-0.25, -0.2) is 4.39 Å². The number of hydrogen-bond donors (Lipinski definition) is 0. The predicted octanol–water partition coefficient (Wildman–Crippen LogP) is 4.87. The summed E-state index contributed by atoms with van der Waals surface area (Å²) in [6.45, 7) is 6.46. The lowest BCUT2D eigenvalue weighted by Gasteiger charge is -2.44. The molecule has 2 atom stereocenters. The van der Waals surface area contributed by atoms with E-state index in [1.54, 1.807) is 0 Å². The highest BCUT2D eigenvalue weighted by molar-refractivity contribution is 6.99. The first-order valence-electron chi connectivity index (χ1n) is 9.09. The molecule has 0 heterocycles. The summed E-state index contributed by atoms with van der Waals surface area (Å²) < 4.78 is 21.4. The number of halogens is 1. The van der Waals surface area contributed by atoms with Crippen LogP contribution in [0.2, 0.25) is 5.04 Å². The molecular formula is C21H24FN3OSi. The van der Waals surface area contributed by atoms with Crippen LogP contribution in [0.25, 0.3) is 10.4 Å². The molecule has 0 radical (unpaired) electrons. The summed E-state index contributed by atoms with van der Waals surface area (Å²) in [5.41, 5.74) is 8.69. The van der Waals surface area contributed by atoms with Gasteiger partial charge in [0.05, 0.1) is 12.1 Å². The van der Waals surface area contributed by atoms with Crippen molar-refractivity contribution < 1.29 is 8.82 Å². The van der Waals surface area contributed by atoms with Crippen molar-refractivity contribution >= 4 is 18.7 Å². The van der Waals surface area contributed by atoms with E-state index in [4.69, 9.17) is 9.96 Å². The van der Waals surface area contributed by atoms with Crippen molar-refractivity contribution in [1.82, 2.24) is 0 Å². The van der Waals surface area contributed by atoms with Crippen LogP contribution in [-0.2, 0) is 4.43 Å². The lowest BCUT2D eigenvalue weighted by atomic mass is 10.2. The number of hydrogen-bond acceptors (Lipinski definition) is 2. The van der Waals surface area contributed by atoms with Crippen molar-refractivity contribution in [3.05, 3.63) is 83.0 Å². The zero-order valence-electron chi connectivity index (χ0n) is 15.8. The lowest BCUT2D eigenvalue weighted by molar-refractivity contribution is 0.194. The Balaban J connectivity index is 2.13. The molecule has 2 aromatic rings. The van der Waals surface area contributed by atoms with Gasteiger partial charge in [0.15, 0.2) is 0 Å². The molecule has 1 aliphatic rings. The quantitative estimate of drug-likeness (QED) is 0.315. The van der Waals surface area contributed by atoms with Crippen LogP contribution >= 0.6 is 0 Å². The van der Waals surface area contributed by atoms with Crippen molar-refractivity contribution in [3.8, 4) is 0 Å². The summed E-state index contributed by atoms with van der Waals surface area (Å²) in [5, 5.41) is 5.63. The van der Waals surface area contributed by atoms with Crippen LogP contribution in [0.5, 0.6) is 0 Å². The van der Waals surface area contributed by atoms with Crippen molar-refractivity contribution in [2.45, 2.75) is 44.4 Å². The minimum Gasteiger partial charge on any atom is -0.398 e. The molecule has 140 valence electrons. The maximum Gasteiger partial charge on any atom is 0.262 e. The number of nitrogens with zero attached hydrogens (tertiary/aromatic N) is 3. The van der Waals surface area contributed by atoms with Gasteiger partial charge in [-0.3, -0.25) is 0 Å². The Morgan fingerprint density at radius 1 is 1.04 bits per heavy atom. The van der Waals surface area contributed by atoms with E-state index in [1.165, 1.54) is 6.08 Å². The predicted molar refractivity (Wildman–Crippen MR) is 109 cm³/mol. The van der Waals surface area contributed by atoms with Crippen LogP contribution in [-0.4, -0.2) is 20.5 Å². The maximum absolute atomic E-state index is 14.7. The van der Waals surface area contributed by atoms with Crippen LogP contribution in [0.15, 0.2) is 77.7 Å². The maximum atomic E-state index is 14.7. The second-order valence-corrected chi connectivity index (χ2v) is 12.1. The molecule has 0 aliphatic heterocycles. The summed E-state index contributed by atoms with van der Waals surface area (Å²) in [6.07, 6.45) is 1.01. The van der Waals surface area contributed by atoms with Gasteiger partial charge in [-0.1, -0.05) is 86.5 Å². The lowest BCUT2D eigenvalue weighted by Crippen LogP contribution is -2.67. The largest absolute Gasteiger partial charge is 0.398 e. The topological polar surface area (TPSA) is 58.0 Å². The van der Waals surface area contributed by atoms with Crippen molar-refractivity contribution in [2.75, 3.05) is 0 Å². The Morgan fingerprint density at radius 3 is 2.00 bits per heavy atom. The van der Waals surface area contributed by atoms with Gasteiger partial charge in [0.1, 0.15) is 5.83 Å². The standard InChI is InChI=1S/C21H24FN3OSi/c1-21(2,3)27(17-10-6-4-7-11-17,18-12-8-5-9-13-18)26-20-15-16(24-25-23)14-19(20)22/h4-14,16,20H,15H2,1-3H3. The molecule has 0 fully saturated rings. The first-order valence-corrected chi connectivity index (χ1v) is 11.0. The Morgan fingerprint density at radius 2 is 1.56 bits per heavy atom. The molecule has 0 saturated heterocycles. The third kappa shape index (κ3) is 3.69. The molecular weight excluding hydrogens is 357 g/mol. The van der Waals surface area contributed by atoms with E-state index in [1.807, 2.05) is 36.4 Å². The van der Waals surface area contributed by atoms with Gasteiger partial charge >= 0.3 is 0 Å². The van der Waals surface area contributed by atoms with Crippen LogP contribution in [0.3, 0.4) is 0 Å². The molecule has 6 heteroatoms. The van der Waals surface area contributed by atoms with Crippen LogP contribution in [0.1, 0.15) is 27.2 Å². The molecule has 0 bridgehead atoms. The number of azide groups is 1. The summed E-state index contributed by atoms with van der Waals surface area (Å²) in [6, 6.07) is 19.7. The molecule has 0 N–H and O–H groups in total. The molecule has 27 heavy (non-hydrogen) atoms. The van der Waals surface area contributed by atoms with Gasteiger partial charge in [-0.05, 0) is 33.4 Å². The molecule has 2 unspecified atom stereocenters. The van der Waals surface area contributed by atoms with E-state index >= 15 is 0 Å². The van der Waals surface area contributed by atoms with Crippen molar-refractivity contribution in [1.29, 1.82) is 0 Å². The highest BCUT2D eigenvalue weighted by Crippen LogP contribution is 2.40. The van der Waals surface area contributed by atoms with Crippen LogP contribution < -0.4 is 10.4 Å². The number of rotatable bonds is 5. The van der Waals surface area contributed by atoms with E-state index in [9.17, 15) is 4.39 Å². The van der Waals surface area contributed by atoms with Crippen LogP contribution in [0.4, 0.5) is 4.39 Å². The highest BCUT2D eigenvalue weighted by Gasteiger charge is 2.52. The van der Waals surface area contributed by atoms with E-state index in [2.05, 4.69) is 55.1 Å². The van der Waals surface area contributed by atoms with Gasteiger partial charge in [0.25, 0.3) is 8.32 Å². The fourth-order valence-electron chi connectivity index (χ4n) is 3.85. The Bertz CT molecular complexity index is 819. The monoisotopic (exact) mass is 381 g/mol. The third-order valence-electron chi connectivity index (χ3n) is 5.05. The molecule has 0 amide bonds. The van der Waals surface area contributed by atoms with Crippen molar-refractivity contribution in [3.63, 3.8) is 0 Å². The van der Waals surface area contributed by atoms with E-state index in [0.29, 0.717) is 6.42 Å². The smallest absolute Gasteiger partial charge is 0.262 e. The molecule has 0 spiro atoms. The summed E-state index contributed by atoms with van der Waals surface area (Å²) in [7, 11) is -2.82. The molecule has 3 rings (SSSR count). The molecule has 2 aromatic carbocycles. The summed E-state index contributed by atoms with van der Waals surface area (Å²) in [4.78, 5) is 2.82. The normalized spacial score (nSPS) is 20.1. The fraction of sp³-hybridized carbons (Fsp3) is 0.333. The van der Waals surface area contributed by atoms with Crippen LogP contribution in [0, 0.1) is 0 Å². The molecule has 4 nitrogen and oxygen atoms in total. The second-order valence-electron chi connectivity index (χ2n) is 7.83. The minimum absolute atomic E-state index is 0.230. The van der Waals surface area contributed by atoms with Gasteiger partial charge in [-0.2, -0.15) is 0 Å². The van der Waals surface area contributed by atoms with E-state index in [-0.39, 0.29) is 10.9 Å². The molecule has 0 aromatic heterocycles. The Kier molecular flexibility index (Phi) is 5.51. The summed E-state index contributed by atoms with van der Waals surface area (Å²) >= 11 is 0. The van der Waals surface area contributed by atoms with Crippen molar-refractivity contribution in [2.24, 2.45) is 5.11 Å². The summed E-state index contributed by atoms with van der Waals surface area (Å²) in [5.74, 6) is -0.347. The van der Waals surface area contributed by atoms with E-state index < -0.39 is 20.5 Å². The zero-order chi connectivity index (χ0) is 19.5. The SMILES string of the molecule is CC(C)(C)[Si](OC1CC(N=[N+]=[N-])C=C1F)(c1ccccc1)c1ccccc1. The van der Waals surface area contributed by atoms with Gasteiger partial charge in [0, 0.05) is 4.91 Å². The van der Waals surface area contributed by atoms with Gasteiger partial charge in [-0.15, -0.1) is 0 Å². The average Bonchev–Trinajstić information content (AvgIpc) is 2.99. The van der Waals surface area contributed by atoms with Gasteiger partial charge in [0.2, 0.25) is 0 Å². The average molecular weight is 382 g/mol. The number of benzene rings is 2. The Hall–Kier alpha value is -2.40. The first-order chi connectivity index (χ1) is 12.9. The van der Waals surface area contributed by atoms with Gasteiger partial charge < -0.3 is 4.43 Å². The minimum atomic E-state index is -2.82. The highest BCUT2D eigenvalue weighted by atomic mass is 28.4. The first kappa shape index (κ1) is 19.4.